The summed E-state index contributed by atoms with van der Waals surface area (Å²) in [7, 11) is 1.60. The minimum absolute atomic E-state index is 0.226. The lowest BCUT2D eigenvalue weighted by Crippen LogP contribution is -2.34. The van der Waals surface area contributed by atoms with E-state index < -0.39 is 0 Å². The molecule has 0 atom stereocenters. The van der Waals surface area contributed by atoms with Gasteiger partial charge in [-0.3, -0.25) is 5.01 Å². The molecule has 6 nitrogen and oxygen atoms in total. The van der Waals surface area contributed by atoms with Crippen molar-refractivity contribution in [3.63, 3.8) is 0 Å². The third-order valence-electron chi connectivity index (χ3n) is 2.52. The normalized spacial score (nSPS) is 10.4. The number of aromatic nitrogens is 3. The van der Waals surface area contributed by atoms with Crippen LogP contribution in [0.15, 0.2) is 35.1 Å². The van der Waals surface area contributed by atoms with Gasteiger partial charge < -0.3 is 0 Å². The van der Waals surface area contributed by atoms with Crippen LogP contribution in [0, 0.1) is 0 Å². The summed E-state index contributed by atoms with van der Waals surface area (Å²) in [4.78, 5) is 20.2. The van der Waals surface area contributed by atoms with Crippen molar-refractivity contribution >= 4 is 5.95 Å². The van der Waals surface area contributed by atoms with E-state index in [4.69, 9.17) is 5.84 Å². The molecule has 0 radical (unpaired) electrons. The van der Waals surface area contributed by atoms with Crippen LogP contribution in [-0.4, -0.2) is 21.6 Å². The summed E-state index contributed by atoms with van der Waals surface area (Å²) in [5.74, 6) is 6.41. The Morgan fingerprint density at radius 1 is 1.28 bits per heavy atom. The van der Waals surface area contributed by atoms with Crippen molar-refractivity contribution in [1.29, 1.82) is 0 Å². The molecule has 1 aromatic carbocycles. The summed E-state index contributed by atoms with van der Waals surface area (Å²) in [6.07, 6.45) is 0.619. The van der Waals surface area contributed by atoms with E-state index >= 15 is 0 Å². The Labute approximate surface area is 105 Å². The second-order valence-electron chi connectivity index (χ2n) is 3.86. The van der Waals surface area contributed by atoms with Crippen molar-refractivity contribution in [2.24, 2.45) is 5.84 Å². The first kappa shape index (κ1) is 12.3. The highest BCUT2D eigenvalue weighted by Crippen LogP contribution is 2.08. The molecule has 6 heteroatoms. The summed E-state index contributed by atoms with van der Waals surface area (Å²) in [6.45, 7) is 1.93. The van der Waals surface area contributed by atoms with Crippen molar-refractivity contribution < 1.29 is 0 Å². The smallest absolute Gasteiger partial charge is 0.282 e. The van der Waals surface area contributed by atoms with Gasteiger partial charge in [0.25, 0.3) is 0 Å². The number of rotatable bonds is 3. The van der Waals surface area contributed by atoms with Crippen LogP contribution in [0.4, 0.5) is 5.95 Å². The Kier molecular flexibility index (Phi) is 3.38. The molecule has 0 saturated heterocycles. The van der Waals surface area contributed by atoms with Gasteiger partial charge in [-0.15, -0.1) is 0 Å². The quantitative estimate of drug-likeness (QED) is 0.629. The summed E-state index contributed by atoms with van der Waals surface area (Å²) in [6, 6.07) is 9.31. The van der Waals surface area contributed by atoms with Gasteiger partial charge in [0, 0.05) is 13.5 Å². The predicted molar refractivity (Wildman–Crippen MR) is 69.6 cm³/mol. The molecule has 0 spiro atoms. The van der Waals surface area contributed by atoms with E-state index in [1.165, 1.54) is 9.58 Å². The first-order valence-corrected chi connectivity index (χ1v) is 5.67. The lowest BCUT2D eigenvalue weighted by molar-refractivity contribution is 0.749. The molecule has 94 valence electrons. The number of hydrazine groups is 1. The highest BCUT2D eigenvalue weighted by Gasteiger charge is 2.11. The average molecular weight is 245 g/mol. The molecule has 0 amide bonds. The lowest BCUT2D eigenvalue weighted by Gasteiger charge is -2.14. The van der Waals surface area contributed by atoms with Gasteiger partial charge >= 0.3 is 5.69 Å². The molecule has 1 aromatic heterocycles. The van der Waals surface area contributed by atoms with Gasteiger partial charge in [0.15, 0.2) is 0 Å². The Morgan fingerprint density at radius 3 is 2.50 bits per heavy atom. The Morgan fingerprint density at radius 2 is 1.94 bits per heavy atom. The van der Waals surface area contributed by atoms with E-state index in [1.54, 1.807) is 7.05 Å². The van der Waals surface area contributed by atoms with Crippen LogP contribution in [0.5, 0.6) is 0 Å². The maximum absolute atomic E-state index is 12.1. The van der Waals surface area contributed by atoms with Crippen LogP contribution < -0.4 is 16.5 Å². The van der Waals surface area contributed by atoms with Crippen LogP contribution >= 0.6 is 0 Å². The molecular weight excluding hydrogens is 230 g/mol. The number of anilines is 1. The number of hydrogen-bond donors (Lipinski definition) is 1. The van der Waals surface area contributed by atoms with Crippen LogP contribution in [0.25, 0.3) is 5.69 Å². The summed E-state index contributed by atoms with van der Waals surface area (Å²) < 4.78 is 1.49. The fourth-order valence-electron chi connectivity index (χ4n) is 1.67. The highest BCUT2D eigenvalue weighted by atomic mass is 16.1. The zero-order valence-corrected chi connectivity index (χ0v) is 10.4. The Balaban J connectivity index is 2.65. The average Bonchev–Trinajstić information content (AvgIpc) is 2.38. The van der Waals surface area contributed by atoms with Gasteiger partial charge in [-0.1, -0.05) is 25.1 Å². The van der Waals surface area contributed by atoms with Crippen molar-refractivity contribution in [1.82, 2.24) is 14.5 Å². The van der Waals surface area contributed by atoms with Gasteiger partial charge in [0.05, 0.1) is 5.69 Å². The first-order valence-electron chi connectivity index (χ1n) is 5.67. The van der Waals surface area contributed by atoms with E-state index in [1.807, 2.05) is 37.3 Å². The second kappa shape index (κ2) is 4.97. The molecule has 0 bridgehead atoms. The standard InChI is InChI=1S/C12H15N5O/c1-3-10-14-11(16(2)13)15-12(18)17(10)9-7-5-4-6-8-9/h4-8H,3,13H2,1-2H3. The van der Waals surface area contributed by atoms with Crippen molar-refractivity contribution in [3.8, 4) is 5.69 Å². The molecule has 0 aliphatic carbocycles. The number of aryl methyl sites for hydroxylation is 1. The molecule has 0 saturated carbocycles. The number of hydrogen-bond acceptors (Lipinski definition) is 5. The SMILES string of the molecule is CCc1nc(N(C)N)nc(=O)n1-c1ccccc1. The fraction of sp³-hybridized carbons (Fsp3) is 0.250. The molecule has 2 aromatic rings. The van der Waals surface area contributed by atoms with Crippen LogP contribution in [-0.2, 0) is 6.42 Å². The van der Waals surface area contributed by atoms with E-state index in [2.05, 4.69) is 9.97 Å². The number of benzene rings is 1. The second-order valence-corrected chi connectivity index (χ2v) is 3.86. The summed E-state index contributed by atoms with van der Waals surface area (Å²) in [5, 5.41) is 1.23. The van der Waals surface area contributed by atoms with Crippen molar-refractivity contribution in [3.05, 3.63) is 46.6 Å². The van der Waals surface area contributed by atoms with Gasteiger partial charge in [0.1, 0.15) is 5.82 Å². The molecule has 0 aliphatic rings. The van der Waals surface area contributed by atoms with Gasteiger partial charge in [-0.2, -0.15) is 9.97 Å². The van der Waals surface area contributed by atoms with Gasteiger partial charge in [-0.25, -0.2) is 15.2 Å². The summed E-state index contributed by atoms with van der Waals surface area (Å²) in [5.41, 5.74) is 0.380. The monoisotopic (exact) mass is 245 g/mol. The van der Waals surface area contributed by atoms with E-state index in [-0.39, 0.29) is 11.6 Å². The fourth-order valence-corrected chi connectivity index (χ4v) is 1.67. The lowest BCUT2D eigenvalue weighted by atomic mass is 10.3. The largest absolute Gasteiger partial charge is 0.356 e. The maximum atomic E-state index is 12.1. The molecule has 1 heterocycles. The molecule has 0 aliphatic heterocycles. The van der Waals surface area contributed by atoms with Gasteiger partial charge in [-0.05, 0) is 12.1 Å². The topological polar surface area (TPSA) is 77.0 Å². The van der Waals surface area contributed by atoms with Crippen LogP contribution in [0.1, 0.15) is 12.7 Å². The summed E-state index contributed by atoms with van der Waals surface area (Å²) >= 11 is 0. The van der Waals surface area contributed by atoms with Crippen molar-refractivity contribution in [2.45, 2.75) is 13.3 Å². The number of nitrogens with zero attached hydrogens (tertiary/aromatic N) is 4. The van der Waals surface area contributed by atoms with E-state index in [0.29, 0.717) is 12.2 Å². The third kappa shape index (κ3) is 2.23. The number of nitrogens with two attached hydrogens (primary N) is 1. The number of para-hydroxylation sites is 1. The molecule has 2 N–H and O–H groups in total. The molecule has 0 unspecified atom stereocenters. The molecule has 2 rings (SSSR count). The maximum Gasteiger partial charge on any atom is 0.356 e. The van der Waals surface area contributed by atoms with Crippen LogP contribution in [0.3, 0.4) is 0 Å². The van der Waals surface area contributed by atoms with Crippen LogP contribution in [0.2, 0.25) is 0 Å². The molecular formula is C12H15N5O. The van der Waals surface area contributed by atoms with Crippen molar-refractivity contribution in [2.75, 3.05) is 12.1 Å². The predicted octanol–water partition coefficient (Wildman–Crippen LogP) is 0.500. The molecule has 0 fully saturated rings. The highest BCUT2D eigenvalue weighted by molar-refractivity contribution is 5.34. The third-order valence-corrected chi connectivity index (χ3v) is 2.52. The van der Waals surface area contributed by atoms with E-state index in [0.717, 1.165) is 5.69 Å². The minimum atomic E-state index is -0.375. The molecule has 18 heavy (non-hydrogen) atoms. The zero-order chi connectivity index (χ0) is 13.1. The first-order chi connectivity index (χ1) is 8.63. The zero-order valence-electron chi connectivity index (χ0n) is 10.4. The minimum Gasteiger partial charge on any atom is -0.282 e. The Bertz CT molecular complexity index is 591. The van der Waals surface area contributed by atoms with E-state index in [9.17, 15) is 4.79 Å². The Hall–Kier alpha value is -2.21. The van der Waals surface area contributed by atoms with Gasteiger partial charge in [0.2, 0.25) is 5.95 Å².